The van der Waals surface area contributed by atoms with Gasteiger partial charge in [-0.3, -0.25) is 4.79 Å². The van der Waals surface area contributed by atoms with Crippen molar-refractivity contribution in [1.29, 1.82) is 0 Å². The monoisotopic (exact) mass is 276 g/mol. The minimum Gasteiger partial charge on any atom is -0.494 e. The number of carbonyl (C=O) groups is 1. The van der Waals surface area contributed by atoms with Gasteiger partial charge in [-0.25, -0.2) is 0 Å². The summed E-state index contributed by atoms with van der Waals surface area (Å²) < 4.78 is 5.57. The van der Waals surface area contributed by atoms with Crippen LogP contribution in [0.1, 0.15) is 30.9 Å². The largest absolute Gasteiger partial charge is 0.494 e. The van der Waals surface area contributed by atoms with Crippen molar-refractivity contribution in [1.82, 2.24) is 5.32 Å². The predicted molar refractivity (Wildman–Crippen MR) is 81.3 cm³/mol. The lowest BCUT2D eigenvalue weighted by Gasteiger charge is -2.22. The van der Waals surface area contributed by atoms with E-state index in [1.165, 1.54) is 0 Å². The molecule has 2 N–H and O–H groups in total. The van der Waals surface area contributed by atoms with Crippen LogP contribution in [0, 0.1) is 19.8 Å². The van der Waals surface area contributed by atoms with Crippen molar-refractivity contribution in [2.24, 2.45) is 5.92 Å². The van der Waals surface area contributed by atoms with E-state index in [0.29, 0.717) is 6.61 Å². The predicted octanol–water partition coefficient (Wildman–Crippen LogP) is 2.64. The molecule has 0 aliphatic carbocycles. The zero-order valence-electron chi connectivity index (χ0n) is 12.6. The van der Waals surface area contributed by atoms with Crippen molar-refractivity contribution in [3.63, 3.8) is 0 Å². The van der Waals surface area contributed by atoms with Crippen molar-refractivity contribution >= 4 is 11.6 Å². The van der Waals surface area contributed by atoms with Crippen LogP contribution in [0.5, 0.6) is 5.75 Å². The summed E-state index contributed by atoms with van der Waals surface area (Å²) in [4.78, 5) is 12.3. The molecule has 0 spiro atoms. The fraction of sp³-hybridized carbons (Fsp3) is 0.562. The molecule has 1 fully saturated rings. The standard InChI is InChI=1S/C16H24N2O2/c1-4-20-15-9-11(2)14(8-12(15)3)18-16(19)13-6-5-7-17-10-13/h8-9,13,17H,4-7,10H2,1-3H3,(H,18,19). The average Bonchev–Trinajstić information content (AvgIpc) is 2.45. The van der Waals surface area contributed by atoms with Gasteiger partial charge in [0.15, 0.2) is 0 Å². The Labute approximate surface area is 120 Å². The van der Waals surface area contributed by atoms with Crippen LogP contribution in [0.25, 0.3) is 0 Å². The molecule has 1 unspecified atom stereocenters. The third kappa shape index (κ3) is 3.51. The van der Waals surface area contributed by atoms with Crippen molar-refractivity contribution in [2.75, 3.05) is 25.0 Å². The molecule has 110 valence electrons. The topological polar surface area (TPSA) is 50.4 Å². The summed E-state index contributed by atoms with van der Waals surface area (Å²) in [6.07, 6.45) is 2.03. The van der Waals surface area contributed by atoms with E-state index in [-0.39, 0.29) is 11.8 Å². The van der Waals surface area contributed by atoms with Crippen molar-refractivity contribution < 1.29 is 9.53 Å². The van der Waals surface area contributed by atoms with E-state index in [1.807, 2.05) is 32.9 Å². The summed E-state index contributed by atoms with van der Waals surface area (Å²) in [5.41, 5.74) is 2.98. The van der Waals surface area contributed by atoms with Crippen molar-refractivity contribution in [3.05, 3.63) is 23.3 Å². The van der Waals surface area contributed by atoms with Crippen LogP contribution in [0.4, 0.5) is 5.69 Å². The highest BCUT2D eigenvalue weighted by Gasteiger charge is 2.21. The van der Waals surface area contributed by atoms with Gasteiger partial charge >= 0.3 is 0 Å². The number of rotatable bonds is 4. The fourth-order valence-corrected chi connectivity index (χ4v) is 2.55. The Morgan fingerprint density at radius 1 is 1.40 bits per heavy atom. The molecular formula is C16H24N2O2. The summed E-state index contributed by atoms with van der Waals surface area (Å²) in [6.45, 7) is 8.42. The summed E-state index contributed by atoms with van der Waals surface area (Å²) in [6, 6.07) is 3.99. The Morgan fingerprint density at radius 2 is 2.20 bits per heavy atom. The Bertz CT molecular complexity index is 480. The number of hydrogen-bond acceptors (Lipinski definition) is 3. The van der Waals surface area contributed by atoms with Crippen molar-refractivity contribution in [3.8, 4) is 5.75 Å². The van der Waals surface area contributed by atoms with Gasteiger partial charge in [-0.2, -0.15) is 0 Å². The molecule has 0 bridgehead atoms. The van der Waals surface area contributed by atoms with E-state index in [9.17, 15) is 4.79 Å². The minimum atomic E-state index is 0.0787. The molecule has 1 atom stereocenters. The second-order valence-electron chi connectivity index (χ2n) is 5.40. The molecule has 1 aliphatic rings. The molecule has 1 heterocycles. The molecule has 2 rings (SSSR count). The smallest absolute Gasteiger partial charge is 0.228 e. The summed E-state index contributed by atoms with van der Waals surface area (Å²) in [7, 11) is 0. The first-order chi connectivity index (χ1) is 9.61. The highest BCUT2D eigenvalue weighted by molar-refractivity contribution is 5.93. The van der Waals surface area contributed by atoms with Gasteiger partial charge in [-0.15, -0.1) is 0 Å². The molecule has 4 nitrogen and oxygen atoms in total. The van der Waals surface area contributed by atoms with Crippen LogP contribution >= 0.6 is 0 Å². The summed E-state index contributed by atoms with van der Waals surface area (Å²) >= 11 is 0. The van der Waals surface area contributed by atoms with Gasteiger partial charge in [0.1, 0.15) is 5.75 Å². The second-order valence-corrected chi connectivity index (χ2v) is 5.40. The Balaban J connectivity index is 2.08. The maximum atomic E-state index is 12.3. The fourth-order valence-electron chi connectivity index (χ4n) is 2.55. The number of amides is 1. The highest BCUT2D eigenvalue weighted by Crippen LogP contribution is 2.27. The molecule has 0 aromatic heterocycles. The average molecular weight is 276 g/mol. The number of ether oxygens (including phenoxy) is 1. The Kier molecular flexibility index (Phi) is 5.01. The molecule has 1 aromatic carbocycles. The maximum absolute atomic E-state index is 12.3. The van der Waals surface area contributed by atoms with Crippen LogP contribution in [-0.4, -0.2) is 25.6 Å². The molecule has 4 heteroatoms. The molecule has 20 heavy (non-hydrogen) atoms. The van der Waals surface area contributed by atoms with Crippen LogP contribution in [0.3, 0.4) is 0 Å². The number of nitrogens with one attached hydrogen (secondary N) is 2. The van der Waals surface area contributed by atoms with E-state index in [0.717, 1.165) is 48.5 Å². The van der Waals surface area contributed by atoms with E-state index in [4.69, 9.17) is 4.74 Å². The number of benzene rings is 1. The van der Waals surface area contributed by atoms with E-state index in [2.05, 4.69) is 10.6 Å². The molecule has 1 saturated heterocycles. The molecule has 0 radical (unpaired) electrons. The van der Waals surface area contributed by atoms with Gasteiger partial charge in [0.05, 0.1) is 12.5 Å². The normalized spacial score (nSPS) is 18.6. The second kappa shape index (κ2) is 6.75. The van der Waals surface area contributed by atoms with Crippen LogP contribution < -0.4 is 15.4 Å². The number of carbonyl (C=O) groups excluding carboxylic acids is 1. The zero-order valence-corrected chi connectivity index (χ0v) is 12.6. The lowest BCUT2D eigenvalue weighted by Crippen LogP contribution is -2.37. The lowest BCUT2D eigenvalue weighted by atomic mass is 9.98. The van der Waals surface area contributed by atoms with E-state index in [1.54, 1.807) is 0 Å². The van der Waals surface area contributed by atoms with E-state index >= 15 is 0 Å². The molecule has 0 saturated carbocycles. The van der Waals surface area contributed by atoms with Gasteiger partial charge in [0.25, 0.3) is 0 Å². The number of aryl methyl sites for hydroxylation is 2. The van der Waals surface area contributed by atoms with Crippen molar-refractivity contribution in [2.45, 2.75) is 33.6 Å². The Hall–Kier alpha value is -1.55. The molecule has 1 aliphatic heterocycles. The third-order valence-corrected chi connectivity index (χ3v) is 3.75. The van der Waals surface area contributed by atoms with E-state index < -0.39 is 0 Å². The minimum absolute atomic E-state index is 0.0787. The molecule has 1 amide bonds. The zero-order chi connectivity index (χ0) is 14.5. The quantitative estimate of drug-likeness (QED) is 0.889. The first-order valence-electron chi connectivity index (χ1n) is 7.37. The molecule has 1 aromatic rings. The van der Waals surface area contributed by atoms with Crippen LogP contribution in [0.2, 0.25) is 0 Å². The summed E-state index contributed by atoms with van der Waals surface area (Å²) in [5.74, 6) is 1.08. The summed E-state index contributed by atoms with van der Waals surface area (Å²) in [5, 5.41) is 6.33. The Morgan fingerprint density at radius 3 is 2.85 bits per heavy atom. The van der Waals surface area contributed by atoms with Crippen LogP contribution in [0.15, 0.2) is 12.1 Å². The third-order valence-electron chi connectivity index (χ3n) is 3.75. The first kappa shape index (κ1) is 14.9. The lowest BCUT2D eigenvalue weighted by molar-refractivity contribution is -0.120. The van der Waals surface area contributed by atoms with Gasteiger partial charge in [-0.1, -0.05) is 0 Å². The molecular weight excluding hydrogens is 252 g/mol. The maximum Gasteiger partial charge on any atom is 0.228 e. The number of hydrogen-bond donors (Lipinski definition) is 2. The van der Waals surface area contributed by atoms with Gasteiger partial charge < -0.3 is 15.4 Å². The first-order valence-corrected chi connectivity index (χ1v) is 7.37. The van der Waals surface area contributed by atoms with Gasteiger partial charge in [0.2, 0.25) is 5.91 Å². The van der Waals surface area contributed by atoms with Crippen LogP contribution in [-0.2, 0) is 4.79 Å². The van der Waals surface area contributed by atoms with Gasteiger partial charge in [0, 0.05) is 12.2 Å². The number of anilines is 1. The highest BCUT2D eigenvalue weighted by atomic mass is 16.5. The number of piperidine rings is 1. The SMILES string of the molecule is CCOc1cc(C)c(NC(=O)C2CCCNC2)cc1C. The van der Waals surface area contributed by atoms with Gasteiger partial charge in [-0.05, 0) is 63.4 Å².